The van der Waals surface area contributed by atoms with E-state index in [-0.39, 0.29) is 5.56 Å². The van der Waals surface area contributed by atoms with Gasteiger partial charge in [-0.3, -0.25) is 9.69 Å². The fourth-order valence-corrected chi connectivity index (χ4v) is 4.65. The van der Waals surface area contributed by atoms with Crippen molar-refractivity contribution in [3.05, 3.63) is 77.2 Å². The van der Waals surface area contributed by atoms with E-state index >= 15 is 0 Å². The molecule has 0 spiro atoms. The fraction of sp³-hybridized carbons (Fsp3) is 0.308. The van der Waals surface area contributed by atoms with Crippen LogP contribution in [0.1, 0.15) is 12.8 Å². The van der Waals surface area contributed by atoms with Gasteiger partial charge in [0.1, 0.15) is 0 Å². The molecule has 5 rings (SSSR count). The highest BCUT2D eigenvalue weighted by Crippen LogP contribution is 2.27. The SMILES string of the molecule is Nc1ccc2cnn(CCCCN3CCN(c4cccc5ccccc45)CC3)c(=O)c2c1. The molecule has 3 aromatic carbocycles. The van der Waals surface area contributed by atoms with Gasteiger partial charge in [0.05, 0.1) is 11.6 Å². The van der Waals surface area contributed by atoms with Crippen molar-refractivity contribution in [2.45, 2.75) is 19.4 Å². The van der Waals surface area contributed by atoms with Crippen LogP contribution >= 0.6 is 0 Å². The summed E-state index contributed by atoms with van der Waals surface area (Å²) in [5.41, 5.74) is 7.73. The van der Waals surface area contributed by atoms with Gasteiger partial charge in [-0.25, -0.2) is 4.68 Å². The quantitative estimate of drug-likeness (QED) is 0.375. The molecule has 0 saturated carbocycles. The molecular weight excluding hydrogens is 398 g/mol. The normalized spacial score (nSPS) is 14.9. The van der Waals surface area contributed by atoms with Crippen LogP contribution in [0.2, 0.25) is 0 Å². The fourth-order valence-electron chi connectivity index (χ4n) is 4.65. The first kappa shape index (κ1) is 20.5. The second kappa shape index (κ2) is 9.01. The highest BCUT2D eigenvalue weighted by atomic mass is 16.1. The molecule has 1 fully saturated rings. The van der Waals surface area contributed by atoms with Gasteiger partial charge in [0.2, 0.25) is 0 Å². The van der Waals surface area contributed by atoms with E-state index in [1.54, 1.807) is 23.0 Å². The molecule has 0 atom stereocenters. The monoisotopic (exact) mass is 427 g/mol. The van der Waals surface area contributed by atoms with Gasteiger partial charge in [0.25, 0.3) is 5.56 Å². The number of fused-ring (bicyclic) bond motifs is 2. The summed E-state index contributed by atoms with van der Waals surface area (Å²) in [4.78, 5) is 17.7. The number of hydrogen-bond acceptors (Lipinski definition) is 5. The number of rotatable bonds is 6. The summed E-state index contributed by atoms with van der Waals surface area (Å²) in [7, 11) is 0. The maximum Gasteiger partial charge on any atom is 0.274 e. The summed E-state index contributed by atoms with van der Waals surface area (Å²) in [6.07, 6.45) is 3.74. The zero-order valence-corrected chi connectivity index (χ0v) is 18.3. The minimum atomic E-state index is -0.0569. The van der Waals surface area contributed by atoms with E-state index in [0.29, 0.717) is 17.6 Å². The topological polar surface area (TPSA) is 67.4 Å². The number of piperazine rings is 1. The van der Waals surface area contributed by atoms with Crippen molar-refractivity contribution < 1.29 is 0 Å². The van der Waals surface area contributed by atoms with Gasteiger partial charge in [0, 0.05) is 54.9 Å². The number of anilines is 2. The molecule has 1 aliphatic rings. The van der Waals surface area contributed by atoms with Crippen LogP contribution in [0.3, 0.4) is 0 Å². The highest BCUT2D eigenvalue weighted by molar-refractivity contribution is 5.94. The molecule has 0 radical (unpaired) electrons. The van der Waals surface area contributed by atoms with Gasteiger partial charge in [-0.05, 0) is 43.0 Å². The number of nitrogens with two attached hydrogens (primary N) is 1. The molecule has 6 heteroatoms. The molecular formula is C26H29N5O. The van der Waals surface area contributed by atoms with Crippen LogP contribution in [0.5, 0.6) is 0 Å². The standard InChI is InChI=1S/C26H29N5O/c27-22-11-10-21-19-28-31(26(32)24(21)18-22)13-4-3-12-29-14-16-30(17-15-29)25-9-5-7-20-6-1-2-8-23(20)25/h1-2,5-11,18-19H,3-4,12-17,27H2. The largest absolute Gasteiger partial charge is 0.399 e. The minimum absolute atomic E-state index is 0.0569. The summed E-state index contributed by atoms with van der Waals surface area (Å²) in [5.74, 6) is 0. The Morgan fingerprint density at radius 2 is 1.59 bits per heavy atom. The maximum atomic E-state index is 12.7. The van der Waals surface area contributed by atoms with Crippen LogP contribution < -0.4 is 16.2 Å². The smallest absolute Gasteiger partial charge is 0.274 e. The van der Waals surface area contributed by atoms with Gasteiger partial charge in [-0.2, -0.15) is 5.10 Å². The summed E-state index contributed by atoms with van der Waals surface area (Å²) in [5, 5.41) is 8.44. The number of nitrogen functional groups attached to an aromatic ring is 1. The van der Waals surface area contributed by atoms with Crippen molar-refractivity contribution in [2.75, 3.05) is 43.4 Å². The molecule has 0 amide bonds. The maximum absolute atomic E-state index is 12.7. The molecule has 2 N–H and O–H groups in total. The first-order chi connectivity index (χ1) is 15.7. The van der Waals surface area contributed by atoms with Crippen LogP contribution in [0.15, 0.2) is 71.7 Å². The average Bonchev–Trinajstić information content (AvgIpc) is 2.83. The molecule has 164 valence electrons. The summed E-state index contributed by atoms with van der Waals surface area (Å²) >= 11 is 0. The van der Waals surface area contributed by atoms with Crippen LogP contribution in [-0.2, 0) is 6.54 Å². The third-order valence-electron chi connectivity index (χ3n) is 6.45. The second-order valence-corrected chi connectivity index (χ2v) is 8.55. The van der Waals surface area contributed by atoms with Gasteiger partial charge < -0.3 is 10.6 Å². The van der Waals surface area contributed by atoms with Gasteiger partial charge >= 0.3 is 0 Å². The third kappa shape index (κ3) is 4.18. The van der Waals surface area contributed by atoms with Gasteiger partial charge in [0.15, 0.2) is 0 Å². The molecule has 1 aromatic heterocycles. The molecule has 4 aromatic rings. The Hall–Kier alpha value is -3.38. The zero-order chi connectivity index (χ0) is 21.9. The number of nitrogens with zero attached hydrogens (tertiary/aromatic N) is 4. The molecule has 1 saturated heterocycles. The third-order valence-corrected chi connectivity index (χ3v) is 6.45. The van der Waals surface area contributed by atoms with Crippen molar-refractivity contribution >= 4 is 32.9 Å². The van der Waals surface area contributed by atoms with Crippen LogP contribution in [0.25, 0.3) is 21.5 Å². The Morgan fingerprint density at radius 3 is 2.47 bits per heavy atom. The molecule has 6 nitrogen and oxygen atoms in total. The Labute approximate surface area is 187 Å². The van der Waals surface area contributed by atoms with Crippen molar-refractivity contribution in [1.29, 1.82) is 0 Å². The lowest BCUT2D eigenvalue weighted by Gasteiger charge is -2.36. The van der Waals surface area contributed by atoms with Crippen LogP contribution in [0.4, 0.5) is 11.4 Å². The Kier molecular flexibility index (Phi) is 5.77. The number of unbranched alkanes of at least 4 members (excludes halogenated alkanes) is 1. The zero-order valence-electron chi connectivity index (χ0n) is 18.3. The van der Waals surface area contributed by atoms with E-state index in [4.69, 9.17) is 5.73 Å². The predicted octanol–water partition coefficient (Wildman–Crippen LogP) is 3.73. The molecule has 2 heterocycles. The second-order valence-electron chi connectivity index (χ2n) is 8.55. The number of benzene rings is 3. The van der Waals surface area contributed by atoms with Crippen LogP contribution in [-0.4, -0.2) is 47.4 Å². The van der Waals surface area contributed by atoms with Crippen molar-refractivity contribution in [3.63, 3.8) is 0 Å². The van der Waals surface area contributed by atoms with Crippen molar-refractivity contribution in [3.8, 4) is 0 Å². The van der Waals surface area contributed by atoms with E-state index in [9.17, 15) is 4.79 Å². The number of aromatic nitrogens is 2. The minimum Gasteiger partial charge on any atom is -0.399 e. The van der Waals surface area contributed by atoms with E-state index in [1.807, 2.05) is 6.07 Å². The summed E-state index contributed by atoms with van der Waals surface area (Å²) in [6, 6.07) is 20.6. The molecule has 32 heavy (non-hydrogen) atoms. The van der Waals surface area contributed by atoms with Crippen molar-refractivity contribution in [2.24, 2.45) is 0 Å². The summed E-state index contributed by atoms with van der Waals surface area (Å²) < 4.78 is 1.57. The van der Waals surface area contributed by atoms with Crippen molar-refractivity contribution in [1.82, 2.24) is 14.7 Å². The summed E-state index contributed by atoms with van der Waals surface area (Å²) in [6.45, 7) is 5.91. The highest BCUT2D eigenvalue weighted by Gasteiger charge is 2.18. The van der Waals surface area contributed by atoms with E-state index in [1.165, 1.54) is 16.5 Å². The van der Waals surface area contributed by atoms with Crippen LogP contribution in [0, 0.1) is 0 Å². The predicted molar refractivity (Wildman–Crippen MR) is 132 cm³/mol. The Bertz CT molecular complexity index is 1290. The Morgan fingerprint density at radius 1 is 0.812 bits per heavy atom. The van der Waals surface area contributed by atoms with Gasteiger partial charge in [-0.1, -0.05) is 42.5 Å². The lowest BCUT2D eigenvalue weighted by atomic mass is 10.1. The lowest BCUT2D eigenvalue weighted by molar-refractivity contribution is 0.250. The Balaban J connectivity index is 1.13. The molecule has 0 bridgehead atoms. The first-order valence-corrected chi connectivity index (χ1v) is 11.4. The molecule has 0 aliphatic carbocycles. The average molecular weight is 428 g/mol. The van der Waals surface area contributed by atoms with E-state index < -0.39 is 0 Å². The van der Waals surface area contributed by atoms with E-state index in [2.05, 4.69) is 57.4 Å². The van der Waals surface area contributed by atoms with E-state index in [0.717, 1.165) is 51.0 Å². The number of hydrogen-bond donors (Lipinski definition) is 1. The lowest BCUT2D eigenvalue weighted by Crippen LogP contribution is -2.46. The molecule has 1 aliphatic heterocycles. The first-order valence-electron chi connectivity index (χ1n) is 11.4. The molecule has 0 unspecified atom stereocenters. The van der Waals surface area contributed by atoms with Gasteiger partial charge in [-0.15, -0.1) is 0 Å². The number of aryl methyl sites for hydroxylation is 1.